The fraction of sp³-hybridized carbons (Fsp3) is 0.135. The van der Waals surface area contributed by atoms with Gasteiger partial charge in [0, 0.05) is 64.6 Å². The van der Waals surface area contributed by atoms with Crippen LogP contribution in [0.4, 0.5) is 19.8 Å². The molecular weight excluding hydrogens is 1470 g/mol. The number of Topliss-reactive ketones (excluding diaryl/α,β-unsaturated/α-hetero) is 1. The monoisotopic (exact) mass is 1520 g/mol. The standard InChI is InChI=1S/C36H26FN9O5S2.C20H16N4O3S.C18H13ClN4O2S/c1-47-31-10-6-22(15-39-31)26-17-40-33-44(26)42-32(52-33)36(23-7-9-28-30(13-23)51-19-49-28,14-20-5-8-27-29(11-20)50-18-48-27)46(38)35-43-45-25(16-41-34(45)53-35)21-3-2-4-24(37)12-21;1-12(25)14-3-2-4-15(8-14)16-10-22-20-24(16)23-19(28-20)21-9-13-5-6-17-18(7-13)27-11-26-17;19-13-3-1-2-12(7-13)14-9-21-18-23(14)22-17(26-18)20-8-11-4-5-15-16(6-11)25-10-24-15/h2-13,15-17H,14,18-19,38H2,1H3;2-8,10H,9,11H2,1H3,(H,21,23);1-7,9H,8,10H2,(H,20,22). The molecular formula is C74H55ClFN17O10S4. The van der Waals surface area contributed by atoms with Gasteiger partial charge < -0.3 is 53.3 Å². The van der Waals surface area contributed by atoms with Crippen LogP contribution in [0.3, 0.4) is 0 Å². The van der Waals surface area contributed by atoms with E-state index in [9.17, 15) is 9.18 Å². The Kier molecular flexibility index (Phi) is 17.3. The van der Waals surface area contributed by atoms with E-state index >= 15 is 0 Å². The third-order valence-corrected chi connectivity index (χ3v) is 21.8. The molecule has 4 aliphatic heterocycles. The first kappa shape index (κ1) is 66.5. The Balaban J connectivity index is 0.000000126. The second-order valence-corrected chi connectivity index (χ2v) is 28.7. The predicted molar refractivity (Wildman–Crippen MR) is 401 cm³/mol. The number of rotatable bonds is 18. The minimum Gasteiger partial charge on any atom is -0.481 e. The molecule has 4 N–H and O–H groups in total. The maximum Gasteiger partial charge on any atom is 0.231 e. The Morgan fingerprint density at radius 2 is 0.981 bits per heavy atom. The molecule has 4 aliphatic rings. The topological polar surface area (TPSA) is 287 Å². The van der Waals surface area contributed by atoms with Crippen molar-refractivity contribution in [3.8, 4) is 96.9 Å². The van der Waals surface area contributed by atoms with Gasteiger partial charge in [-0.2, -0.15) is 5.10 Å². The summed E-state index contributed by atoms with van der Waals surface area (Å²) in [5, 5.41) is 31.1. The lowest BCUT2D eigenvalue weighted by Crippen LogP contribution is -2.53. The Bertz CT molecular complexity index is 6080. The maximum atomic E-state index is 14.3. The predicted octanol–water partition coefficient (Wildman–Crippen LogP) is 14.5. The molecule has 0 amide bonds. The number of pyridine rings is 1. The normalized spacial score (nSPS) is 13.4. The number of nitrogens with zero attached hydrogens (tertiary/aromatic N) is 14. The van der Waals surface area contributed by atoms with E-state index in [0.29, 0.717) is 90.3 Å². The molecule has 33 heteroatoms. The van der Waals surface area contributed by atoms with Crippen LogP contribution >= 0.6 is 56.9 Å². The molecule has 1 atom stereocenters. The van der Waals surface area contributed by atoms with Crippen LogP contribution in [0.1, 0.15) is 44.5 Å². The Hall–Kier alpha value is -12.5. The summed E-state index contributed by atoms with van der Waals surface area (Å²) < 4.78 is 71.2. The highest BCUT2D eigenvalue weighted by atomic mass is 35.5. The number of ketones is 1. The second-order valence-electron chi connectivity index (χ2n) is 24.4. The average molecular weight is 1530 g/mol. The number of nitrogens with one attached hydrogen (secondary N) is 2. The number of benzene rings is 7. The molecule has 7 aromatic carbocycles. The van der Waals surface area contributed by atoms with Gasteiger partial charge in [-0.05, 0) is 114 Å². The smallest absolute Gasteiger partial charge is 0.231 e. The van der Waals surface area contributed by atoms with Gasteiger partial charge in [-0.3, -0.25) is 9.80 Å². The molecule has 16 aromatic rings. The lowest BCUT2D eigenvalue weighted by molar-refractivity contribution is 0.101. The number of hydrazine groups is 1. The fourth-order valence-corrected chi connectivity index (χ4v) is 16.2. The lowest BCUT2D eigenvalue weighted by atomic mass is 9.83. The Morgan fingerprint density at radius 1 is 0.505 bits per heavy atom. The summed E-state index contributed by atoms with van der Waals surface area (Å²) in [6.07, 6.45) is 9.04. The minimum absolute atomic E-state index is 0.0342. The third kappa shape index (κ3) is 12.9. The van der Waals surface area contributed by atoms with E-state index in [1.807, 2.05) is 144 Å². The molecule has 0 aliphatic carbocycles. The van der Waals surface area contributed by atoms with Gasteiger partial charge in [-0.1, -0.05) is 124 Å². The summed E-state index contributed by atoms with van der Waals surface area (Å²) in [7, 11) is 1.57. The van der Waals surface area contributed by atoms with Crippen molar-refractivity contribution >= 4 is 98.0 Å². The van der Waals surface area contributed by atoms with E-state index in [0.717, 1.165) is 99.2 Å². The SMILES string of the molecule is CC(=O)c1cccc(-c2cnc3sc(NCc4ccc5c(c4)OCO5)nn23)c1.COc1ccc(-c2cnc3sc(C(Cc4ccc5c(c4)OCO5)(c4ccc5c(c4)OCO5)N(N)c4nn5c(-c6cccc(F)c6)cnc5s4)nn23)cn1.Clc1cccc(-c2cnc3sc(NCc4ccc5c(c4)OCO5)nn23)c1. The molecule has 0 bridgehead atoms. The molecule has 0 saturated heterocycles. The number of hydrogen-bond acceptors (Lipinski definition) is 27. The van der Waals surface area contributed by atoms with Crippen LogP contribution in [0.15, 0.2) is 189 Å². The van der Waals surface area contributed by atoms with Crippen molar-refractivity contribution in [3.63, 3.8) is 0 Å². The maximum absolute atomic E-state index is 14.3. The number of methoxy groups -OCH3 is 1. The van der Waals surface area contributed by atoms with Gasteiger partial charge in [-0.15, -0.1) is 15.3 Å². The van der Waals surface area contributed by atoms with E-state index in [2.05, 4.69) is 40.8 Å². The van der Waals surface area contributed by atoms with E-state index in [4.69, 9.17) is 75.3 Å². The highest BCUT2D eigenvalue weighted by Gasteiger charge is 2.46. The molecule has 534 valence electrons. The first-order chi connectivity index (χ1) is 52.4. The summed E-state index contributed by atoms with van der Waals surface area (Å²) in [6.45, 7) is 3.59. The molecule has 107 heavy (non-hydrogen) atoms. The summed E-state index contributed by atoms with van der Waals surface area (Å²) in [5.74, 6) is 13.1. The quantitative estimate of drug-likeness (QED) is 0.0409. The van der Waals surface area contributed by atoms with Gasteiger partial charge in [-0.25, -0.2) is 53.2 Å². The van der Waals surface area contributed by atoms with E-state index in [-0.39, 0.29) is 38.8 Å². The molecule has 1 unspecified atom stereocenters. The van der Waals surface area contributed by atoms with Crippen molar-refractivity contribution in [2.45, 2.75) is 32.0 Å². The lowest BCUT2D eigenvalue weighted by Gasteiger charge is -2.39. The molecule has 27 nitrogen and oxygen atoms in total. The number of imidazole rings is 4. The molecule has 0 saturated carbocycles. The summed E-state index contributed by atoms with van der Waals surface area (Å²) in [5.41, 5.74) is 9.68. The number of nitrogens with two attached hydrogens (primary N) is 1. The van der Waals surface area contributed by atoms with Crippen LogP contribution in [-0.4, -0.2) is 103 Å². The zero-order chi connectivity index (χ0) is 72.3. The van der Waals surface area contributed by atoms with Crippen LogP contribution in [0, 0.1) is 5.82 Å². The number of fused-ring (bicyclic) bond motifs is 8. The van der Waals surface area contributed by atoms with Crippen LogP contribution in [0.2, 0.25) is 5.02 Å². The number of halogens is 2. The Labute approximate surface area is 626 Å². The van der Waals surface area contributed by atoms with Gasteiger partial charge in [0.05, 0.1) is 54.7 Å². The zero-order valence-electron chi connectivity index (χ0n) is 56.2. The van der Waals surface area contributed by atoms with Crippen LogP contribution in [0.25, 0.3) is 64.9 Å². The minimum atomic E-state index is -1.23. The largest absolute Gasteiger partial charge is 0.481 e. The molecule has 0 spiro atoms. The highest BCUT2D eigenvalue weighted by Crippen LogP contribution is 2.48. The van der Waals surface area contributed by atoms with Gasteiger partial charge in [0.1, 0.15) is 16.4 Å². The number of ether oxygens (including phenoxy) is 9. The summed E-state index contributed by atoms with van der Waals surface area (Å²) in [6, 6.07) is 48.5. The van der Waals surface area contributed by atoms with Crippen molar-refractivity contribution in [3.05, 3.63) is 232 Å². The van der Waals surface area contributed by atoms with E-state index < -0.39 is 5.54 Å². The second kappa shape index (κ2) is 27.9. The average Bonchev–Trinajstić information content (AvgIpc) is 1.58. The van der Waals surface area contributed by atoms with Crippen molar-refractivity contribution < 1.29 is 51.8 Å². The summed E-state index contributed by atoms with van der Waals surface area (Å²) in [4.78, 5) is 37.1. The highest BCUT2D eigenvalue weighted by molar-refractivity contribution is 7.21. The van der Waals surface area contributed by atoms with Gasteiger partial charge in [0.25, 0.3) is 0 Å². The third-order valence-electron chi connectivity index (χ3n) is 17.9. The van der Waals surface area contributed by atoms with Crippen molar-refractivity contribution in [1.82, 2.24) is 63.4 Å². The number of hydrogen-bond donors (Lipinski definition) is 3. The van der Waals surface area contributed by atoms with Crippen molar-refractivity contribution in [2.24, 2.45) is 5.84 Å². The molecule has 20 rings (SSSR count). The van der Waals surface area contributed by atoms with Gasteiger partial charge >= 0.3 is 0 Å². The first-order valence-corrected chi connectivity index (χ1v) is 36.7. The first-order valence-electron chi connectivity index (χ1n) is 33.0. The number of anilines is 3. The number of carbonyl (C=O) groups is 1. The van der Waals surface area contributed by atoms with Gasteiger partial charge in [0.15, 0.2) is 51.8 Å². The van der Waals surface area contributed by atoms with E-state index in [1.54, 1.807) is 69.5 Å². The van der Waals surface area contributed by atoms with E-state index in [1.165, 1.54) is 57.5 Å². The summed E-state index contributed by atoms with van der Waals surface area (Å²) >= 11 is 11.8. The van der Waals surface area contributed by atoms with Gasteiger partial charge in [0.2, 0.25) is 68.3 Å². The Morgan fingerprint density at radius 3 is 1.53 bits per heavy atom. The van der Waals surface area contributed by atoms with Crippen molar-refractivity contribution in [2.75, 3.05) is 49.9 Å². The van der Waals surface area contributed by atoms with Crippen molar-refractivity contribution in [1.29, 1.82) is 0 Å². The fourth-order valence-electron chi connectivity index (χ4n) is 12.6. The van der Waals surface area contributed by atoms with Crippen LogP contribution in [-0.2, 0) is 25.0 Å². The molecule has 13 heterocycles. The number of carbonyl (C=O) groups excluding carboxylic acids is 1. The number of aromatic nitrogens is 13. The molecule has 9 aromatic heterocycles. The van der Waals surface area contributed by atoms with Crippen LogP contribution < -0.4 is 64.1 Å². The molecule has 0 fully saturated rings. The molecule has 0 radical (unpaired) electrons. The zero-order valence-corrected chi connectivity index (χ0v) is 60.2. The van der Waals surface area contributed by atoms with Crippen LogP contribution in [0.5, 0.6) is 51.9 Å².